The quantitative estimate of drug-likeness (QED) is 0.675. The van der Waals surface area contributed by atoms with Gasteiger partial charge in [0, 0.05) is 12.6 Å². The first-order valence-electron chi connectivity index (χ1n) is 8.72. The maximum Gasteiger partial charge on any atom is 0.407 e. The van der Waals surface area contributed by atoms with E-state index in [1.165, 1.54) is 6.42 Å². The van der Waals surface area contributed by atoms with E-state index >= 15 is 0 Å². The lowest BCUT2D eigenvalue weighted by Gasteiger charge is -2.30. The van der Waals surface area contributed by atoms with Crippen LogP contribution in [-0.2, 0) is 9.47 Å². The van der Waals surface area contributed by atoms with Gasteiger partial charge in [-0.25, -0.2) is 4.79 Å². The van der Waals surface area contributed by atoms with Crippen LogP contribution in [0.2, 0.25) is 0 Å². The SMILES string of the molecule is CCCNCCCOC1CCC(NC(=O)OC(C)(C)C)CC1. The van der Waals surface area contributed by atoms with Gasteiger partial charge in [-0.3, -0.25) is 0 Å². The van der Waals surface area contributed by atoms with Crippen molar-refractivity contribution >= 4 is 6.09 Å². The molecule has 0 heterocycles. The Hall–Kier alpha value is -0.810. The van der Waals surface area contributed by atoms with E-state index < -0.39 is 5.60 Å². The highest BCUT2D eigenvalue weighted by molar-refractivity contribution is 5.68. The maximum absolute atomic E-state index is 11.7. The van der Waals surface area contributed by atoms with Gasteiger partial charge in [-0.05, 0) is 72.4 Å². The molecule has 1 rings (SSSR count). The molecule has 0 aromatic carbocycles. The minimum absolute atomic E-state index is 0.223. The highest BCUT2D eigenvalue weighted by atomic mass is 16.6. The average molecular weight is 314 g/mol. The van der Waals surface area contributed by atoms with Gasteiger partial charge in [-0.15, -0.1) is 0 Å². The Morgan fingerprint density at radius 3 is 2.41 bits per heavy atom. The molecule has 0 unspecified atom stereocenters. The summed E-state index contributed by atoms with van der Waals surface area (Å²) in [5, 5.41) is 6.34. The number of nitrogens with one attached hydrogen (secondary N) is 2. The topological polar surface area (TPSA) is 59.6 Å². The lowest BCUT2D eigenvalue weighted by molar-refractivity contribution is 0.0171. The largest absolute Gasteiger partial charge is 0.444 e. The highest BCUT2D eigenvalue weighted by Crippen LogP contribution is 2.21. The molecular formula is C17H34N2O3. The summed E-state index contributed by atoms with van der Waals surface area (Å²) in [6.45, 7) is 10.8. The van der Waals surface area contributed by atoms with Crippen LogP contribution in [0.15, 0.2) is 0 Å². The number of rotatable bonds is 8. The molecule has 0 aromatic heterocycles. The molecule has 1 aliphatic rings. The van der Waals surface area contributed by atoms with Crippen LogP contribution >= 0.6 is 0 Å². The highest BCUT2D eigenvalue weighted by Gasteiger charge is 2.24. The Balaban J connectivity index is 2.07. The van der Waals surface area contributed by atoms with Gasteiger partial charge < -0.3 is 20.1 Å². The number of carbonyl (C=O) groups excluding carboxylic acids is 1. The van der Waals surface area contributed by atoms with E-state index in [1.807, 2.05) is 20.8 Å². The Morgan fingerprint density at radius 1 is 1.14 bits per heavy atom. The van der Waals surface area contributed by atoms with Crippen LogP contribution in [0.3, 0.4) is 0 Å². The van der Waals surface area contributed by atoms with Gasteiger partial charge in [0.05, 0.1) is 6.10 Å². The molecule has 1 fully saturated rings. The fraction of sp³-hybridized carbons (Fsp3) is 0.941. The zero-order chi connectivity index (χ0) is 16.4. The first-order valence-corrected chi connectivity index (χ1v) is 8.72. The van der Waals surface area contributed by atoms with Crippen LogP contribution in [0.5, 0.6) is 0 Å². The number of hydrogen-bond donors (Lipinski definition) is 2. The molecule has 5 heteroatoms. The molecule has 5 nitrogen and oxygen atoms in total. The Kier molecular flexibility index (Phi) is 8.79. The molecule has 1 amide bonds. The van der Waals surface area contributed by atoms with Crippen LogP contribution in [0.1, 0.15) is 66.2 Å². The lowest BCUT2D eigenvalue weighted by atomic mass is 9.93. The number of alkyl carbamates (subject to hydrolysis) is 1. The molecule has 0 bridgehead atoms. The molecule has 0 saturated heterocycles. The molecule has 0 radical (unpaired) electrons. The van der Waals surface area contributed by atoms with Gasteiger partial charge in [0.2, 0.25) is 0 Å². The molecular weight excluding hydrogens is 280 g/mol. The van der Waals surface area contributed by atoms with Gasteiger partial charge >= 0.3 is 6.09 Å². The molecule has 1 aliphatic carbocycles. The monoisotopic (exact) mass is 314 g/mol. The third-order valence-corrected chi connectivity index (χ3v) is 3.67. The van der Waals surface area contributed by atoms with Crippen LogP contribution in [0.25, 0.3) is 0 Å². The van der Waals surface area contributed by atoms with Crippen molar-refractivity contribution in [1.82, 2.24) is 10.6 Å². The molecule has 22 heavy (non-hydrogen) atoms. The second-order valence-electron chi connectivity index (χ2n) is 7.09. The Labute approximate surface area is 135 Å². The lowest BCUT2D eigenvalue weighted by Crippen LogP contribution is -2.41. The third-order valence-electron chi connectivity index (χ3n) is 3.67. The average Bonchev–Trinajstić information content (AvgIpc) is 2.42. The second-order valence-corrected chi connectivity index (χ2v) is 7.09. The van der Waals surface area contributed by atoms with Gasteiger partial charge in [0.25, 0.3) is 0 Å². The zero-order valence-corrected chi connectivity index (χ0v) is 14.7. The molecule has 1 saturated carbocycles. The first kappa shape index (κ1) is 19.2. The van der Waals surface area contributed by atoms with E-state index in [0.717, 1.165) is 51.8 Å². The number of amides is 1. The minimum Gasteiger partial charge on any atom is -0.444 e. The van der Waals surface area contributed by atoms with E-state index in [0.29, 0.717) is 6.10 Å². The van der Waals surface area contributed by atoms with Crippen molar-refractivity contribution in [3.05, 3.63) is 0 Å². The van der Waals surface area contributed by atoms with E-state index in [4.69, 9.17) is 9.47 Å². The summed E-state index contributed by atoms with van der Waals surface area (Å²) in [4.78, 5) is 11.7. The van der Waals surface area contributed by atoms with Crippen molar-refractivity contribution < 1.29 is 14.3 Å². The van der Waals surface area contributed by atoms with Crippen molar-refractivity contribution in [2.75, 3.05) is 19.7 Å². The Bertz CT molecular complexity index is 308. The predicted octanol–water partition coefficient (Wildman–Crippen LogP) is 3.23. The Morgan fingerprint density at radius 2 is 1.82 bits per heavy atom. The van der Waals surface area contributed by atoms with E-state index in [2.05, 4.69) is 17.6 Å². The third kappa shape index (κ3) is 9.26. The minimum atomic E-state index is -0.434. The summed E-state index contributed by atoms with van der Waals surface area (Å²) in [5.74, 6) is 0. The van der Waals surface area contributed by atoms with Gasteiger partial charge in [0.1, 0.15) is 5.60 Å². The van der Waals surface area contributed by atoms with Crippen molar-refractivity contribution in [3.8, 4) is 0 Å². The molecule has 0 aromatic rings. The van der Waals surface area contributed by atoms with E-state index in [1.54, 1.807) is 0 Å². The molecule has 0 spiro atoms. The van der Waals surface area contributed by atoms with Crippen molar-refractivity contribution in [2.45, 2.75) is 84.0 Å². The second kappa shape index (κ2) is 10.1. The maximum atomic E-state index is 11.7. The van der Waals surface area contributed by atoms with Crippen LogP contribution in [-0.4, -0.2) is 43.5 Å². The summed E-state index contributed by atoms with van der Waals surface area (Å²) in [5.41, 5.74) is -0.434. The smallest absolute Gasteiger partial charge is 0.407 e. The van der Waals surface area contributed by atoms with Crippen molar-refractivity contribution in [3.63, 3.8) is 0 Å². The van der Waals surface area contributed by atoms with Crippen molar-refractivity contribution in [2.24, 2.45) is 0 Å². The summed E-state index contributed by atoms with van der Waals surface area (Å²) in [6, 6.07) is 0.223. The summed E-state index contributed by atoms with van der Waals surface area (Å²) < 4.78 is 11.2. The first-order chi connectivity index (χ1) is 10.4. The fourth-order valence-corrected chi connectivity index (χ4v) is 2.60. The summed E-state index contributed by atoms with van der Waals surface area (Å²) in [6.07, 6.45) is 6.26. The van der Waals surface area contributed by atoms with Crippen LogP contribution in [0.4, 0.5) is 4.79 Å². The van der Waals surface area contributed by atoms with Gasteiger partial charge in [-0.2, -0.15) is 0 Å². The predicted molar refractivity (Wildman–Crippen MR) is 89.1 cm³/mol. The fourth-order valence-electron chi connectivity index (χ4n) is 2.60. The van der Waals surface area contributed by atoms with Crippen LogP contribution < -0.4 is 10.6 Å². The summed E-state index contributed by atoms with van der Waals surface area (Å²) >= 11 is 0. The van der Waals surface area contributed by atoms with Crippen molar-refractivity contribution in [1.29, 1.82) is 0 Å². The number of carbonyl (C=O) groups is 1. The van der Waals surface area contributed by atoms with E-state index in [9.17, 15) is 4.79 Å². The standard InChI is InChI=1S/C17H34N2O3/c1-5-11-18-12-6-13-21-15-9-7-14(8-10-15)19-16(20)22-17(2,3)4/h14-15,18H,5-13H2,1-4H3,(H,19,20). The normalized spacial score (nSPS) is 22.4. The van der Waals surface area contributed by atoms with Gasteiger partial charge in [-0.1, -0.05) is 6.92 Å². The van der Waals surface area contributed by atoms with Gasteiger partial charge in [0.15, 0.2) is 0 Å². The zero-order valence-electron chi connectivity index (χ0n) is 14.7. The molecule has 130 valence electrons. The molecule has 0 aliphatic heterocycles. The summed E-state index contributed by atoms with van der Waals surface area (Å²) in [7, 11) is 0. The van der Waals surface area contributed by atoms with E-state index in [-0.39, 0.29) is 12.1 Å². The molecule has 0 atom stereocenters. The van der Waals surface area contributed by atoms with Crippen LogP contribution in [0, 0.1) is 0 Å². The number of hydrogen-bond acceptors (Lipinski definition) is 4. The molecule has 2 N–H and O–H groups in total. The number of ether oxygens (including phenoxy) is 2.